The number of halogens is 1. The number of thiophene rings is 1. The molecule has 2 aromatic heterocycles. The third-order valence-corrected chi connectivity index (χ3v) is 5.02. The largest absolute Gasteiger partial charge is 0.481 e. The van der Waals surface area contributed by atoms with Gasteiger partial charge in [-0.2, -0.15) is 0 Å². The van der Waals surface area contributed by atoms with Crippen LogP contribution >= 0.6 is 27.3 Å². The SMILES string of the molecule is O=C(c1cc(Br)cs1)c1ccc2n1CCC2C(=O)O. The molecular weight excluding hydrogens is 330 g/mol. The number of carboxylic acid groups (broad SMARTS) is 1. The highest BCUT2D eigenvalue weighted by Gasteiger charge is 2.31. The molecule has 98 valence electrons. The topological polar surface area (TPSA) is 59.3 Å². The van der Waals surface area contributed by atoms with Crippen molar-refractivity contribution in [3.8, 4) is 0 Å². The van der Waals surface area contributed by atoms with Crippen LogP contribution in [0.25, 0.3) is 0 Å². The van der Waals surface area contributed by atoms with E-state index in [1.807, 2.05) is 9.95 Å². The van der Waals surface area contributed by atoms with Crippen LogP contribution in [0.4, 0.5) is 0 Å². The zero-order valence-corrected chi connectivity index (χ0v) is 12.2. The first-order valence-electron chi connectivity index (χ1n) is 5.79. The van der Waals surface area contributed by atoms with Crippen molar-refractivity contribution < 1.29 is 14.7 Å². The summed E-state index contributed by atoms with van der Waals surface area (Å²) < 4.78 is 2.71. The lowest BCUT2D eigenvalue weighted by atomic mass is 10.1. The minimum atomic E-state index is -0.824. The van der Waals surface area contributed by atoms with Crippen molar-refractivity contribution >= 4 is 39.0 Å². The molecule has 0 aromatic carbocycles. The monoisotopic (exact) mass is 339 g/mol. The van der Waals surface area contributed by atoms with Gasteiger partial charge in [0, 0.05) is 22.1 Å². The number of nitrogens with zero attached hydrogens (tertiary/aromatic N) is 1. The number of rotatable bonds is 3. The molecule has 0 radical (unpaired) electrons. The maximum atomic E-state index is 12.4. The number of carbonyl (C=O) groups excluding carboxylic acids is 1. The fourth-order valence-corrected chi connectivity index (χ4v) is 3.82. The lowest BCUT2D eigenvalue weighted by molar-refractivity contribution is -0.138. The summed E-state index contributed by atoms with van der Waals surface area (Å²) in [4.78, 5) is 24.2. The van der Waals surface area contributed by atoms with Crippen molar-refractivity contribution in [1.29, 1.82) is 0 Å². The molecule has 0 aliphatic carbocycles. The molecule has 1 N–H and O–H groups in total. The average Bonchev–Trinajstić information content (AvgIpc) is 3.01. The van der Waals surface area contributed by atoms with Gasteiger partial charge in [0.1, 0.15) is 0 Å². The Hall–Kier alpha value is -1.40. The summed E-state index contributed by atoms with van der Waals surface area (Å²) in [6, 6.07) is 5.26. The van der Waals surface area contributed by atoms with Gasteiger partial charge in [0.25, 0.3) is 0 Å². The van der Waals surface area contributed by atoms with Gasteiger partial charge in [-0.1, -0.05) is 0 Å². The maximum absolute atomic E-state index is 12.4. The summed E-state index contributed by atoms with van der Waals surface area (Å²) in [5.74, 6) is -1.36. The molecule has 3 rings (SSSR count). The Bertz CT molecular complexity index is 673. The van der Waals surface area contributed by atoms with Crippen molar-refractivity contribution in [2.75, 3.05) is 0 Å². The molecule has 0 amide bonds. The number of aliphatic carboxylic acids is 1. The van der Waals surface area contributed by atoms with Gasteiger partial charge in [0.15, 0.2) is 0 Å². The highest BCUT2D eigenvalue weighted by molar-refractivity contribution is 9.10. The molecule has 4 nitrogen and oxygen atoms in total. The summed E-state index contributed by atoms with van der Waals surface area (Å²) in [5, 5.41) is 11.0. The van der Waals surface area contributed by atoms with Crippen molar-refractivity contribution in [2.24, 2.45) is 0 Å². The van der Waals surface area contributed by atoms with Crippen molar-refractivity contribution in [3.63, 3.8) is 0 Å². The number of ketones is 1. The molecule has 0 bridgehead atoms. The van der Waals surface area contributed by atoms with Crippen LogP contribution in [0.15, 0.2) is 28.1 Å². The maximum Gasteiger partial charge on any atom is 0.312 e. The van der Waals surface area contributed by atoms with E-state index in [0.29, 0.717) is 23.5 Å². The third kappa shape index (κ3) is 2.04. The average molecular weight is 340 g/mol. The molecule has 0 spiro atoms. The minimum absolute atomic E-state index is 0.0482. The van der Waals surface area contributed by atoms with Crippen LogP contribution in [0, 0.1) is 0 Å². The molecule has 2 aromatic rings. The first kappa shape index (κ1) is 12.6. The van der Waals surface area contributed by atoms with Crippen molar-refractivity contribution in [1.82, 2.24) is 4.57 Å². The zero-order chi connectivity index (χ0) is 13.6. The molecule has 19 heavy (non-hydrogen) atoms. The Balaban J connectivity index is 1.98. The summed E-state index contributed by atoms with van der Waals surface area (Å²) in [6.07, 6.45) is 0.555. The number of fused-ring (bicyclic) bond motifs is 1. The number of hydrogen-bond acceptors (Lipinski definition) is 3. The number of carbonyl (C=O) groups is 2. The molecule has 1 aliphatic rings. The molecule has 1 unspecified atom stereocenters. The summed E-state index contributed by atoms with van der Waals surface area (Å²) in [7, 11) is 0. The first-order valence-corrected chi connectivity index (χ1v) is 7.46. The first-order chi connectivity index (χ1) is 9.08. The smallest absolute Gasteiger partial charge is 0.312 e. The summed E-state index contributed by atoms with van der Waals surface area (Å²) in [5.41, 5.74) is 1.31. The molecule has 1 aliphatic heterocycles. The van der Waals surface area contributed by atoms with E-state index in [9.17, 15) is 9.59 Å². The van der Waals surface area contributed by atoms with Gasteiger partial charge in [0.2, 0.25) is 5.78 Å². The van der Waals surface area contributed by atoms with Crippen LogP contribution < -0.4 is 0 Å². The fourth-order valence-electron chi connectivity index (χ4n) is 2.45. The summed E-state index contributed by atoms with van der Waals surface area (Å²) in [6.45, 7) is 0.590. The number of aromatic nitrogens is 1. The van der Waals surface area contributed by atoms with Gasteiger partial charge in [-0.15, -0.1) is 11.3 Å². The summed E-state index contributed by atoms with van der Waals surface area (Å²) >= 11 is 4.71. The van der Waals surface area contributed by atoms with Crippen LogP contribution in [0.5, 0.6) is 0 Å². The van der Waals surface area contributed by atoms with Crippen LogP contribution in [0.1, 0.15) is 33.4 Å². The van der Waals surface area contributed by atoms with Crippen molar-refractivity contribution in [2.45, 2.75) is 18.9 Å². The fraction of sp³-hybridized carbons (Fsp3) is 0.231. The van der Waals surface area contributed by atoms with Gasteiger partial charge in [-0.25, -0.2) is 0 Å². The van der Waals surface area contributed by atoms with Crippen molar-refractivity contribution in [3.05, 3.63) is 44.3 Å². The van der Waals surface area contributed by atoms with Gasteiger partial charge in [-0.05, 0) is 40.5 Å². The highest BCUT2D eigenvalue weighted by atomic mass is 79.9. The van der Waals surface area contributed by atoms with Crippen LogP contribution in [-0.4, -0.2) is 21.4 Å². The second-order valence-corrected chi connectivity index (χ2v) is 6.26. The predicted octanol–water partition coefficient (Wildman–Crippen LogP) is 3.12. The highest BCUT2D eigenvalue weighted by Crippen LogP contribution is 2.32. The van der Waals surface area contributed by atoms with E-state index in [1.165, 1.54) is 11.3 Å². The third-order valence-electron chi connectivity index (χ3n) is 3.33. The minimum Gasteiger partial charge on any atom is -0.481 e. The van der Waals surface area contributed by atoms with Gasteiger partial charge < -0.3 is 9.67 Å². The number of hydrogen-bond donors (Lipinski definition) is 1. The standard InChI is InChI=1S/C13H10BrNO3S/c14-7-5-11(19-6-7)12(16)10-2-1-9-8(13(17)18)3-4-15(9)10/h1-2,5-6,8H,3-4H2,(H,17,18). The molecule has 0 saturated heterocycles. The lowest BCUT2D eigenvalue weighted by Gasteiger charge is -2.04. The molecule has 0 fully saturated rings. The quantitative estimate of drug-likeness (QED) is 0.874. The molecule has 1 atom stereocenters. The Morgan fingerprint density at radius 1 is 1.42 bits per heavy atom. The molecule has 3 heterocycles. The Morgan fingerprint density at radius 2 is 2.21 bits per heavy atom. The van der Waals surface area contributed by atoms with E-state index in [4.69, 9.17) is 5.11 Å². The molecule has 6 heteroatoms. The van der Waals surface area contributed by atoms with E-state index < -0.39 is 11.9 Å². The van der Waals surface area contributed by atoms with E-state index >= 15 is 0 Å². The Morgan fingerprint density at radius 3 is 2.84 bits per heavy atom. The number of carboxylic acids is 1. The van der Waals surface area contributed by atoms with Gasteiger partial charge >= 0.3 is 5.97 Å². The second-order valence-electron chi connectivity index (χ2n) is 4.43. The van der Waals surface area contributed by atoms with Crippen LogP contribution in [0.3, 0.4) is 0 Å². The van der Waals surface area contributed by atoms with Crippen LogP contribution in [0.2, 0.25) is 0 Å². The van der Waals surface area contributed by atoms with E-state index in [1.54, 1.807) is 18.2 Å². The lowest BCUT2D eigenvalue weighted by Crippen LogP contribution is -2.09. The van der Waals surface area contributed by atoms with E-state index in [-0.39, 0.29) is 5.78 Å². The predicted molar refractivity (Wildman–Crippen MR) is 74.9 cm³/mol. The zero-order valence-electron chi connectivity index (χ0n) is 9.80. The van der Waals surface area contributed by atoms with Crippen LogP contribution in [-0.2, 0) is 11.3 Å². The molecular formula is C13H10BrNO3S. The van der Waals surface area contributed by atoms with Gasteiger partial charge in [0.05, 0.1) is 16.5 Å². The normalized spacial score (nSPS) is 17.4. The van der Waals surface area contributed by atoms with Gasteiger partial charge in [-0.3, -0.25) is 9.59 Å². The molecule has 0 saturated carbocycles. The van der Waals surface area contributed by atoms with E-state index in [0.717, 1.165) is 10.2 Å². The van der Waals surface area contributed by atoms with E-state index in [2.05, 4.69) is 15.9 Å². The second kappa shape index (κ2) is 4.61. The Labute approximate surface area is 121 Å². The Kier molecular flexibility index (Phi) is 3.06.